The predicted molar refractivity (Wildman–Crippen MR) is 573 cm³/mol. The fraction of sp³-hybridized carbons (Fsp3) is 0.250. The van der Waals surface area contributed by atoms with E-state index < -0.39 is 0 Å². The standard InChI is InChI=1S/C39H42N2.2C31H26N2.2C8H16.C2H4.5CH3.3Hf/c1-6-7-8-9-16-27(2)32-26-25-31-20-11-13-22-34(31)37(32)35-23-15-24-36(40-35)39(33-21-12-10-17-28(33)3)41-38-29(4)18-14-19-30(38)5;2*1-21-11-4-6-16-25(21)31(33-30-22(2)12-8-13-23(30)3)29-20-10-19-28(32-29)27-18-9-15-24-14-5-7-17-26(24)27;2*1-3-5-7-8-6-4-2;1-2;;;;;;;;/h10-15,17-27,39H,2,6-9,16H2,1,3-5H3;2*4-17,19-20,31H,1-3H3;2*3H,1,4-8H2,2H3;1-2H2;5*1H3;;;/q3*-2;;;;5*-1;3*+4. The minimum atomic E-state index is -0.209. The zero-order valence-corrected chi connectivity index (χ0v) is 93.8. The third-order valence-electron chi connectivity index (χ3n) is 23.2. The fourth-order valence-electron chi connectivity index (χ4n) is 16.3. The molecule has 0 aliphatic heterocycles. The number of aromatic nitrogens is 3. The molecule has 0 saturated heterocycles. The van der Waals surface area contributed by atoms with Gasteiger partial charge in [-0.05, 0) is 169 Å². The Morgan fingerprint density at radius 1 is 0.301 bits per heavy atom. The molecule has 0 fully saturated rings. The second-order valence-corrected chi connectivity index (χ2v) is 32.7. The third-order valence-corrected chi connectivity index (χ3v) is 23.2. The Morgan fingerprint density at radius 3 is 0.925 bits per heavy atom. The Bertz CT molecular complexity index is 5620. The van der Waals surface area contributed by atoms with Gasteiger partial charge in [0.2, 0.25) is 0 Å². The number of hydrogen-bond acceptors (Lipinski definition) is 3. The number of nitrogens with zero attached hydrogens (tertiary/aromatic N) is 6. The Morgan fingerprint density at radius 2 is 0.586 bits per heavy atom. The molecule has 682 valence electrons. The average Bonchev–Trinajstić information content (AvgIpc) is 0.755. The first-order chi connectivity index (χ1) is 61.0. The maximum atomic E-state index is 5.40. The van der Waals surface area contributed by atoms with Crippen LogP contribution in [0.15, 0.2) is 330 Å². The van der Waals surface area contributed by atoms with E-state index in [-0.39, 0.29) is 139 Å². The van der Waals surface area contributed by atoms with E-state index in [0.29, 0.717) is 0 Å². The van der Waals surface area contributed by atoms with E-state index in [0.717, 1.165) is 79.5 Å². The number of hydrogen-bond donors (Lipinski definition) is 0. The Kier molecular flexibility index (Phi) is 56.8. The van der Waals surface area contributed by atoms with Crippen molar-refractivity contribution in [3.8, 4) is 33.8 Å². The maximum absolute atomic E-state index is 5.40. The van der Waals surface area contributed by atoms with Crippen LogP contribution < -0.4 is 0 Å². The molecule has 0 radical (unpaired) electrons. The van der Waals surface area contributed by atoms with Crippen LogP contribution in [0.1, 0.15) is 231 Å². The molecule has 0 saturated carbocycles. The molecule has 15 rings (SSSR count). The Hall–Kier alpha value is -9.90. The topological polar surface area (TPSA) is 81.0 Å². The van der Waals surface area contributed by atoms with E-state index in [1.807, 2.05) is 24.3 Å². The van der Waals surface area contributed by atoms with Crippen molar-refractivity contribution in [2.24, 2.45) is 0 Å². The molecule has 0 aliphatic carbocycles. The van der Waals surface area contributed by atoms with Crippen LogP contribution in [0.2, 0.25) is 0 Å². The first-order valence-electron chi connectivity index (χ1n) is 45.3. The summed E-state index contributed by atoms with van der Waals surface area (Å²) in [6.45, 7) is 43.9. The van der Waals surface area contributed by atoms with Gasteiger partial charge in [-0.2, -0.15) is 0 Å². The van der Waals surface area contributed by atoms with Crippen LogP contribution in [-0.2, 0) is 77.5 Å². The third kappa shape index (κ3) is 33.6. The van der Waals surface area contributed by atoms with Gasteiger partial charge in [0, 0.05) is 22.6 Å². The molecule has 12 aromatic carbocycles. The monoisotopic (exact) mass is 2260 g/mol. The summed E-state index contributed by atoms with van der Waals surface area (Å²) in [7, 11) is 0. The van der Waals surface area contributed by atoms with E-state index in [1.54, 1.807) is 0 Å². The molecule has 0 amide bonds. The number of pyridine rings is 3. The van der Waals surface area contributed by atoms with Gasteiger partial charge in [0.1, 0.15) is 0 Å². The predicted octanol–water partition coefficient (Wildman–Crippen LogP) is 37.7. The Labute approximate surface area is 862 Å². The number of fused-ring (bicyclic) bond motifs is 3. The van der Waals surface area contributed by atoms with Gasteiger partial charge in [0.05, 0.1) is 5.69 Å². The van der Waals surface area contributed by atoms with Crippen LogP contribution >= 0.6 is 0 Å². The minimum absolute atomic E-state index is 0. The SMILES string of the molecule is C=C.C=CCCCCCC.C=CCCCCCC.Cc1ccccc1C([N-]c1c(C)cccc1C)c1cccc(-c2[c-]ccc3ccccc23)n1.Cc1ccccc1C([N-]c1c(C)cccc1C)c1cccc(-c2[c-]ccc3ccccc23)n1.[CH2-]C(CCCCCC)c1ccc2ccccc2c1-c1cccc(C([N-]c2c(C)cccc2C)c2ccccc2C)n1.[CH3-].[CH3-].[CH3-].[CH3-].[CH3-].[Hf+4].[Hf+4].[Hf+4]. The molecule has 0 aliphatic rings. The van der Waals surface area contributed by atoms with Crippen molar-refractivity contribution in [1.82, 2.24) is 15.0 Å². The van der Waals surface area contributed by atoms with Crippen molar-refractivity contribution in [2.45, 2.75) is 203 Å². The summed E-state index contributed by atoms with van der Waals surface area (Å²) >= 11 is 0. The quantitative estimate of drug-likeness (QED) is 0.0188. The number of para-hydroxylation sites is 3. The summed E-state index contributed by atoms with van der Waals surface area (Å²) < 4.78 is 0. The normalized spacial score (nSPS) is 11.0. The molecule has 0 spiro atoms. The van der Waals surface area contributed by atoms with Crippen LogP contribution in [0.3, 0.4) is 0 Å². The van der Waals surface area contributed by atoms with Crippen LogP contribution in [0.25, 0.3) is 82.0 Å². The van der Waals surface area contributed by atoms with Gasteiger partial charge in [0.15, 0.2) is 0 Å². The van der Waals surface area contributed by atoms with E-state index >= 15 is 0 Å². The van der Waals surface area contributed by atoms with E-state index in [2.05, 4.69) is 408 Å². The van der Waals surface area contributed by atoms with Crippen molar-refractivity contribution < 1.29 is 77.5 Å². The van der Waals surface area contributed by atoms with Crippen LogP contribution in [-0.4, -0.2) is 15.0 Å². The molecule has 3 heterocycles. The van der Waals surface area contributed by atoms with Crippen molar-refractivity contribution in [2.75, 3.05) is 0 Å². The van der Waals surface area contributed by atoms with E-state index in [9.17, 15) is 0 Å². The van der Waals surface area contributed by atoms with Crippen LogP contribution in [0.4, 0.5) is 17.1 Å². The summed E-state index contributed by atoms with van der Waals surface area (Å²) in [5.74, 6) is 0.211. The number of benzene rings is 12. The average molecular weight is 2260 g/mol. The smallest absolute Gasteiger partial charge is 0.673 e. The first-order valence-corrected chi connectivity index (χ1v) is 45.3. The molecular formula is C124H145Hf3N6+. The summed E-state index contributed by atoms with van der Waals surface area (Å²) in [6.07, 6.45) is 23.3. The molecule has 15 aromatic rings. The van der Waals surface area contributed by atoms with Crippen molar-refractivity contribution >= 4 is 49.4 Å². The van der Waals surface area contributed by atoms with Crippen LogP contribution in [0.5, 0.6) is 0 Å². The number of aryl methyl sites for hydroxylation is 9. The number of rotatable bonds is 31. The summed E-state index contributed by atoms with van der Waals surface area (Å²) in [6, 6.07) is 108. The van der Waals surface area contributed by atoms with Gasteiger partial charge in [0.25, 0.3) is 0 Å². The largest absolute Gasteiger partial charge is 4.00 e. The number of allylic oxidation sites excluding steroid dienone is 2. The zero-order valence-electron chi connectivity index (χ0n) is 83.0. The molecule has 0 N–H and O–H groups in total. The summed E-state index contributed by atoms with van der Waals surface area (Å²) in [4.78, 5) is 15.7. The zero-order chi connectivity index (χ0) is 88.8. The molecule has 6 nitrogen and oxygen atoms in total. The second-order valence-electron chi connectivity index (χ2n) is 32.7. The van der Waals surface area contributed by atoms with Crippen molar-refractivity contribution in [3.05, 3.63) is 491 Å². The molecular weight excluding hydrogens is 2110 g/mol. The van der Waals surface area contributed by atoms with Crippen molar-refractivity contribution in [1.29, 1.82) is 0 Å². The second kappa shape index (κ2) is 63.4. The van der Waals surface area contributed by atoms with Gasteiger partial charge in [-0.3, -0.25) is 4.98 Å². The molecule has 4 unspecified atom stereocenters. The van der Waals surface area contributed by atoms with Crippen LogP contribution in [0, 0.1) is 119 Å². The first kappa shape index (κ1) is 119. The molecule has 9 heteroatoms. The van der Waals surface area contributed by atoms with Crippen molar-refractivity contribution in [3.63, 3.8) is 0 Å². The summed E-state index contributed by atoms with van der Waals surface area (Å²) in [5.41, 5.74) is 27.5. The molecule has 0 bridgehead atoms. The summed E-state index contributed by atoms with van der Waals surface area (Å²) in [5, 5.41) is 23.1. The van der Waals surface area contributed by atoms with E-state index in [4.69, 9.17) is 30.9 Å². The molecule has 4 atom stereocenters. The van der Waals surface area contributed by atoms with Gasteiger partial charge in [-0.25, -0.2) is 0 Å². The van der Waals surface area contributed by atoms with Gasteiger partial charge in [-0.15, -0.1) is 108 Å². The minimum Gasteiger partial charge on any atom is -0.673 e. The molecule has 133 heavy (non-hydrogen) atoms. The van der Waals surface area contributed by atoms with Gasteiger partial charge in [-0.1, -0.05) is 413 Å². The van der Waals surface area contributed by atoms with Gasteiger partial charge >= 0.3 is 77.5 Å². The van der Waals surface area contributed by atoms with Gasteiger partial charge < -0.3 is 70.0 Å². The number of unbranched alkanes of at least 4 members (excludes halogenated alkanes) is 11. The Balaban J connectivity index is 0.000000602. The fourth-order valence-corrected chi connectivity index (χ4v) is 16.3. The molecule has 3 aromatic heterocycles. The maximum Gasteiger partial charge on any atom is 4.00 e. The van der Waals surface area contributed by atoms with E-state index in [1.165, 1.54) is 189 Å².